The lowest BCUT2D eigenvalue weighted by Crippen LogP contribution is -2.54. The van der Waals surface area contributed by atoms with Crippen molar-refractivity contribution in [1.29, 1.82) is 0 Å². The lowest BCUT2D eigenvalue weighted by Gasteiger charge is -2.49. The summed E-state index contributed by atoms with van der Waals surface area (Å²) in [5.41, 5.74) is -0.974. The van der Waals surface area contributed by atoms with Crippen LogP contribution in [0.5, 0.6) is 0 Å². The predicted molar refractivity (Wildman–Crippen MR) is 68.3 cm³/mol. The monoisotopic (exact) mass is 289 g/mol. The molecule has 3 heterocycles. The van der Waals surface area contributed by atoms with Gasteiger partial charge in [-0.25, -0.2) is 4.98 Å². The number of rotatable bonds is 1. The van der Waals surface area contributed by atoms with Crippen molar-refractivity contribution >= 4 is 23.4 Å². The molecule has 0 bridgehead atoms. The minimum atomic E-state index is -1.18. The maximum atomic E-state index is 13.8. The average molecular weight is 290 g/mol. The molecule has 0 aromatic carbocycles. The summed E-state index contributed by atoms with van der Waals surface area (Å²) in [7, 11) is 0. The maximum absolute atomic E-state index is 13.8. The Morgan fingerprint density at radius 1 is 1.50 bits per heavy atom. The van der Waals surface area contributed by atoms with Crippen molar-refractivity contribution in [2.75, 3.05) is 19.0 Å². The topological polar surface area (TPSA) is 42.4 Å². The number of nitrogens with zero attached hydrogens (tertiary/aromatic N) is 1. The molecule has 6 heteroatoms. The maximum Gasteiger partial charge on any atom is 0.219 e. The zero-order valence-corrected chi connectivity index (χ0v) is 11.2. The fraction of sp³-hybridized carbons (Fsp3) is 0.583. The molecule has 2 aliphatic rings. The highest BCUT2D eigenvalue weighted by Gasteiger charge is 2.50. The summed E-state index contributed by atoms with van der Waals surface area (Å²) in [6.45, 7) is 1.24. The number of aliphatic hydroxyl groups is 1. The van der Waals surface area contributed by atoms with Crippen LogP contribution < -0.4 is 0 Å². The summed E-state index contributed by atoms with van der Waals surface area (Å²) in [4.78, 5) is 3.59. The Bertz CT molecular complexity index is 483. The molecule has 0 aliphatic carbocycles. The minimum absolute atomic E-state index is 0.0677. The number of hydrogen-bond acceptors (Lipinski definition) is 4. The van der Waals surface area contributed by atoms with E-state index in [1.54, 1.807) is 11.8 Å². The number of hydrogen-bond donors (Lipinski definition) is 1. The van der Waals surface area contributed by atoms with Gasteiger partial charge in [0.05, 0.1) is 28.6 Å². The highest BCUT2D eigenvalue weighted by molar-refractivity contribution is 8.00. The average Bonchev–Trinajstić information content (AvgIpc) is 2.30. The molecule has 1 N–H and O–H groups in total. The molecule has 1 aromatic heterocycles. The van der Waals surface area contributed by atoms with E-state index < -0.39 is 11.5 Å². The fourth-order valence-electron chi connectivity index (χ4n) is 2.60. The van der Waals surface area contributed by atoms with Crippen LogP contribution in [0.25, 0.3) is 0 Å². The number of halogens is 2. The molecule has 1 unspecified atom stereocenters. The number of ether oxygens (including phenoxy) is 1. The van der Waals surface area contributed by atoms with Crippen molar-refractivity contribution < 1.29 is 14.2 Å². The van der Waals surface area contributed by atoms with Crippen LogP contribution in [0.4, 0.5) is 4.39 Å². The first-order valence-electron chi connectivity index (χ1n) is 5.79. The molecule has 3 nitrogen and oxygen atoms in total. The zero-order valence-electron chi connectivity index (χ0n) is 9.66. The Hall–Kier alpha value is -0.360. The lowest BCUT2D eigenvalue weighted by atomic mass is 9.81. The second-order valence-corrected chi connectivity index (χ2v) is 6.97. The number of pyridine rings is 1. The van der Waals surface area contributed by atoms with Crippen molar-refractivity contribution in [2.24, 2.45) is 0 Å². The third-order valence-electron chi connectivity index (χ3n) is 3.58. The van der Waals surface area contributed by atoms with Crippen LogP contribution in [0.3, 0.4) is 0 Å². The first-order valence-corrected chi connectivity index (χ1v) is 7.15. The van der Waals surface area contributed by atoms with Crippen LogP contribution in [-0.4, -0.2) is 33.8 Å². The summed E-state index contributed by atoms with van der Waals surface area (Å²) in [5, 5.41) is 11.1. The predicted octanol–water partition coefficient (Wildman–Crippen LogP) is 2.36. The molecule has 2 saturated heterocycles. The van der Waals surface area contributed by atoms with E-state index in [1.807, 2.05) is 0 Å². The highest BCUT2D eigenvalue weighted by Crippen LogP contribution is 2.50. The lowest BCUT2D eigenvalue weighted by molar-refractivity contribution is -0.0721. The van der Waals surface area contributed by atoms with Crippen LogP contribution in [0, 0.1) is 5.95 Å². The molecular weight excluding hydrogens is 277 g/mol. The third kappa shape index (κ3) is 2.03. The zero-order chi connectivity index (χ0) is 12.8. The van der Waals surface area contributed by atoms with Crippen molar-refractivity contribution in [3.63, 3.8) is 0 Å². The summed E-state index contributed by atoms with van der Waals surface area (Å²) in [5.74, 6) is 0.149. The molecule has 0 saturated carbocycles. The van der Waals surface area contributed by atoms with Crippen molar-refractivity contribution in [1.82, 2.24) is 4.98 Å². The molecule has 3 rings (SSSR count). The number of aromatic nitrogens is 1. The summed E-state index contributed by atoms with van der Waals surface area (Å²) < 4.78 is 19.0. The van der Waals surface area contributed by atoms with Gasteiger partial charge in [-0.1, -0.05) is 11.6 Å². The molecule has 98 valence electrons. The van der Waals surface area contributed by atoms with Crippen LogP contribution in [0.15, 0.2) is 12.3 Å². The van der Waals surface area contributed by atoms with Gasteiger partial charge in [-0.15, -0.1) is 0 Å². The Morgan fingerprint density at radius 3 is 2.94 bits per heavy atom. The van der Waals surface area contributed by atoms with Gasteiger partial charge in [0.1, 0.15) is 0 Å². The van der Waals surface area contributed by atoms with Gasteiger partial charge < -0.3 is 9.84 Å². The van der Waals surface area contributed by atoms with E-state index in [0.717, 1.165) is 5.75 Å². The van der Waals surface area contributed by atoms with Crippen LogP contribution in [-0.2, 0) is 10.3 Å². The SMILES string of the molecule is OC1(c2cc(Cl)cnc2F)CCSC2(COC2)C1. The fourth-order valence-corrected chi connectivity index (χ4v) is 4.31. The van der Waals surface area contributed by atoms with E-state index >= 15 is 0 Å². The highest BCUT2D eigenvalue weighted by atomic mass is 35.5. The van der Waals surface area contributed by atoms with Gasteiger partial charge in [0.25, 0.3) is 0 Å². The molecule has 2 aliphatic heterocycles. The second kappa shape index (κ2) is 4.34. The first kappa shape index (κ1) is 12.7. The minimum Gasteiger partial charge on any atom is -0.385 e. The molecule has 0 radical (unpaired) electrons. The van der Waals surface area contributed by atoms with Crippen LogP contribution in [0.2, 0.25) is 5.02 Å². The largest absolute Gasteiger partial charge is 0.385 e. The molecule has 1 aromatic rings. The van der Waals surface area contributed by atoms with Gasteiger partial charge in [0.15, 0.2) is 0 Å². The van der Waals surface area contributed by atoms with E-state index in [-0.39, 0.29) is 10.3 Å². The van der Waals surface area contributed by atoms with E-state index in [1.165, 1.54) is 12.3 Å². The van der Waals surface area contributed by atoms with E-state index in [9.17, 15) is 9.50 Å². The van der Waals surface area contributed by atoms with Gasteiger partial charge in [-0.05, 0) is 24.7 Å². The van der Waals surface area contributed by atoms with E-state index in [0.29, 0.717) is 31.1 Å². The Kier molecular flexibility index (Phi) is 3.05. The molecule has 1 spiro atoms. The van der Waals surface area contributed by atoms with E-state index in [2.05, 4.69) is 4.98 Å². The van der Waals surface area contributed by atoms with Gasteiger partial charge in [0, 0.05) is 11.8 Å². The quantitative estimate of drug-likeness (QED) is 0.806. The van der Waals surface area contributed by atoms with Crippen molar-refractivity contribution in [3.05, 3.63) is 28.8 Å². The molecular formula is C12H13ClFNO2S. The van der Waals surface area contributed by atoms with Crippen molar-refractivity contribution in [3.8, 4) is 0 Å². The normalized spacial score (nSPS) is 30.2. The Morgan fingerprint density at radius 2 is 2.28 bits per heavy atom. The van der Waals surface area contributed by atoms with Gasteiger partial charge in [-0.2, -0.15) is 16.2 Å². The molecule has 18 heavy (non-hydrogen) atoms. The Balaban J connectivity index is 1.95. The van der Waals surface area contributed by atoms with Crippen LogP contribution in [0.1, 0.15) is 18.4 Å². The van der Waals surface area contributed by atoms with E-state index in [4.69, 9.17) is 16.3 Å². The smallest absolute Gasteiger partial charge is 0.219 e. The van der Waals surface area contributed by atoms with Gasteiger partial charge in [-0.3, -0.25) is 0 Å². The second-order valence-electron chi connectivity index (χ2n) is 4.97. The summed E-state index contributed by atoms with van der Waals surface area (Å²) in [6.07, 6.45) is 2.26. The van der Waals surface area contributed by atoms with Gasteiger partial charge >= 0.3 is 0 Å². The van der Waals surface area contributed by atoms with Crippen molar-refractivity contribution in [2.45, 2.75) is 23.2 Å². The first-order chi connectivity index (χ1) is 8.53. The Labute approximate surface area is 114 Å². The molecule has 1 atom stereocenters. The molecule has 2 fully saturated rings. The third-order valence-corrected chi connectivity index (χ3v) is 5.18. The van der Waals surface area contributed by atoms with Gasteiger partial charge in [0.2, 0.25) is 5.95 Å². The summed E-state index contributed by atoms with van der Waals surface area (Å²) in [6, 6.07) is 1.48. The standard InChI is InChI=1S/C12H13ClFNO2S/c13-8-3-9(10(14)15-4-8)12(16)1-2-18-11(5-12)6-17-7-11/h3-4,16H,1-2,5-7H2. The van der Waals surface area contributed by atoms with Crippen LogP contribution >= 0.6 is 23.4 Å². The number of thioether (sulfide) groups is 1. The summed E-state index contributed by atoms with van der Waals surface area (Å²) >= 11 is 7.65. The molecule has 0 amide bonds.